The fraction of sp³-hybridized carbons (Fsp3) is 0.379. The van der Waals surface area contributed by atoms with Gasteiger partial charge in [-0.05, 0) is 67.6 Å². The van der Waals surface area contributed by atoms with Gasteiger partial charge in [0.25, 0.3) is 0 Å². The molecule has 3 heterocycles. The van der Waals surface area contributed by atoms with Crippen LogP contribution in [0, 0.1) is 0 Å². The minimum absolute atomic E-state index is 0. The van der Waals surface area contributed by atoms with Crippen molar-refractivity contribution in [1.82, 2.24) is 9.29 Å². The number of ether oxygens (including phenoxy) is 2. The van der Waals surface area contributed by atoms with Crippen molar-refractivity contribution in [2.24, 2.45) is 0 Å². The van der Waals surface area contributed by atoms with Crippen molar-refractivity contribution in [3.8, 4) is 22.8 Å². The normalized spacial score (nSPS) is 20.3. The summed E-state index contributed by atoms with van der Waals surface area (Å²) in [6.45, 7) is 0.439. The average Bonchev–Trinajstić information content (AvgIpc) is 3.64. The summed E-state index contributed by atoms with van der Waals surface area (Å²) in [6.07, 6.45) is 4.19. The van der Waals surface area contributed by atoms with Gasteiger partial charge in [0.05, 0.1) is 22.6 Å². The Balaban J connectivity index is 0.00000308. The van der Waals surface area contributed by atoms with E-state index in [-0.39, 0.29) is 38.0 Å². The first-order valence-electron chi connectivity index (χ1n) is 13.0. The van der Waals surface area contributed by atoms with E-state index in [1.54, 1.807) is 24.3 Å². The van der Waals surface area contributed by atoms with E-state index in [0.717, 1.165) is 36.8 Å². The number of carbonyl (C=O) groups excluding carboxylic acids is 1. The lowest BCUT2D eigenvalue weighted by atomic mass is 9.88. The van der Waals surface area contributed by atoms with E-state index < -0.39 is 15.4 Å². The Kier molecular flexibility index (Phi) is 6.45. The second kappa shape index (κ2) is 9.80. The number of fused-ring (bicyclic) bond motifs is 1. The number of aliphatic hydroxyl groups is 1. The van der Waals surface area contributed by atoms with E-state index in [9.17, 15) is 18.3 Å². The minimum atomic E-state index is -3.69. The van der Waals surface area contributed by atoms with Gasteiger partial charge < -0.3 is 14.6 Å². The number of ketones is 1. The third-order valence-corrected chi connectivity index (χ3v) is 9.86. The van der Waals surface area contributed by atoms with Crippen LogP contribution in [0.1, 0.15) is 44.8 Å². The molecule has 2 aliphatic heterocycles. The molecule has 0 bridgehead atoms. The van der Waals surface area contributed by atoms with Gasteiger partial charge in [-0.2, -0.15) is 4.31 Å². The van der Waals surface area contributed by atoms with Crippen molar-refractivity contribution < 1.29 is 29.2 Å². The highest BCUT2D eigenvalue weighted by atomic mass is 32.2. The summed E-state index contributed by atoms with van der Waals surface area (Å²) < 4.78 is 38.7. The molecule has 2 fully saturated rings. The molecule has 3 aromatic rings. The van der Waals surface area contributed by atoms with E-state index in [0.29, 0.717) is 35.9 Å². The van der Waals surface area contributed by atoms with Gasteiger partial charge in [0, 0.05) is 31.7 Å². The Hall–Kier alpha value is -3.27. The highest BCUT2D eigenvalue weighted by Crippen LogP contribution is 2.51. The van der Waals surface area contributed by atoms with Gasteiger partial charge in [0.15, 0.2) is 11.5 Å². The Bertz CT molecular complexity index is 1470. The third-order valence-electron chi connectivity index (χ3n) is 7.90. The molecular weight excluding hydrogens is 504 g/mol. The number of Topliss-reactive ketones (excluding diaryl/α,β-unsaturated/α-hetero) is 1. The van der Waals surface area contributed by atoms with Crippen molar-refractivity contribution in [1.29, 1.82) is 0 Å². The van der Waals surface area contributed by atoms with Crippen LogP contribution in [-0.2, 0) is 26.7 Å². The van der Waals surface area contributed by atoms with Gasteiger partial charge >= 0.3 is 0 Å². The fourth-order valence-corrected chi connectivity index (χ4v) is 7.21. The molecule has 0 spiro atoms. The Labute approximate surface area is 223 Å². The zero-order valence-corrected chi connectivity index (χ0v) is 21.8. The predicted octanol–water partition coefficient (Wildman–Crippen LogP) is 4.10. The zero-order valence-electron chi connectivity index (χ0n) is 21.0. The standard InChI is InChI=1S/C29H30N2O6S.H2/c32-18-23-5-1-2-15-31(23)38(34,35)24-10-7-20(8-11-24)25-6-3-4-22(30-25)17-28(33)29(13-14-29)21-9-12-26-27(16-21)37-19-36-26;/h3-4,6-12,16,23,32H,1-2,5,13-15,17-19H2;1H. The molecule has 8 nitrogen and oxygen atoms in total. The molecule has 1 N–H and O–H groups in total. The van der Waals surface area contributed by atoms with Crippen molar-refractivity contribution >= 4 is 15.8 Å². The number of rotatable bonds is 8. The molecule has 2 aromatic carbocycles. The monoisotopic (exact) mass is 536 g/mol. The molecule has 200 valence electrons. The Morgan fingerprint density at radius 3 is 2.61 bits per heavy atom. The second-order valence-electron chi connectivity index (χ2n) is 10.2. The first-order chi connectivity index (χ1) is 18.4. The summed E-state index contributed by atoms with van der Waals surface area (Å²) in [7, 11) is -3.69. The number of benzene rings is 2. The van der Waals surface area contributed by atoms with Crippen molar-refractivity contribution in [2.45, 2.75) is 54.9 Å². The number of aliphatic hydroxyl groups excluding tert-OH is 1. The molecule has 1 saturated carbocycles. The summed E-state index contributed by atoms with van der Waals surface area (Å²) in [5, 5.41) is 9.66. The topological polar surface area (TPSA) is 106 Å². The van der Waals surface area contributed by atoms with Crippen LogP contribution < -0.4 is 9.47 Å². The summed E-state index contributed by atoms with van der Waals surface area (Å²) in [4.78, 5) is 18.3. The lowest BCUT2D eigenvalue weighted by Gasteiger charge is -2.33. The maximum absolute atomic E-state index is 13.4. The molecule has 1 aromatic heterocycles. The van der Waals surface area contributed by atoms with Crippen LogP contribution in [0.4, 0.5) is 0 Å². The summed E-state index contributed by atoms with van der Waals surface area (Å²) in [5.74, 6) is 1.51. The van der Waals surface area contributed by atoms with E-state index in [1.165, 1.54) is 4.31 Å². The van der Waals surface area contributed by atoms with Crippen LogP contribution in [0.3, 0.4) is 0 Å². The van der Waals surface area contributed by atoms with Gasteiger partial charge in [-0.3, -0.25) is 9.78 Å². The second-order valence-corrected chi connectivity index (χ2v) is 12.1. The number of aromatic nitrogens is 1. The molecule has 6 rings (SSSR count). The van der Waals surface area contributed by atoms with Crippen LogP contribution >= 0.6 is 0 Å². The number of sulfonamides is 1. The van der Waals surface area contributed by atoms with Gasteiger partial charge in [-0.15, -0.1) is 0 Å². The van der Waals surface area contributed by atoms with Crippen LogP contribution in [0.5, 0.6) is 11.5 Å². The molecule has 0 radical (unpaired) electrons. The molecular formula is C29H32N2O6S. The lowest BCUT2D eigenvalue weighted by molar-refractivity contribution is -0.120. The zero-order chi connectivity index (χ0) is 26.3. The Morgan fingerprint density at radius 1 is 1.05 bits per heavy atom. The van der Waals surface area contributed by atoms with Crippen LogP contribution in [0.25, 0.3) is 11.3 Å². The van der Waals surface area contributed by atoms with Crippen molar-refractivity contribution in [2.75, 3.05) is 19.9 Å². The highest BCUT2D eigenvalue weighted by Gasteiger charge is 2.51. The molecule has 3 aliphatic rings. The quantitative estimate of drug-likeness (QED) is 0.462. The van der Waals surface area contributed by atoms with Crippen molar-refractivity contribution in [3.63, 3.8) is 0 Å². The average molecular weight is 537 g/mol. The van der Waals surface area contributed by atoms with E-state index >= 15 is 0 Å². The van der Waals surface area contributed by atoms with E-state index in [2.05, 4.69) is 0 Å². The van der Waals surface area contributed by atoms with Crippen LogP contribution in [0.2, 0.25) is 0 Å². The molecule has 1 saturated heterocycles. The number of hydrogen-bond donors (Lipinski definition) is 1. The smallest absolute Gasteiger partial charge is 0.243 e. The van der Waals surface area contributed by atoms with Crippen molar-refractivity contribution in [3.05, 3.63) is 71.9 Å². The summed E-state index contributed by atoms with van der Waals surface area (Å²) >= 11 is 0. The first kappa shape index (κ1) is 25.0. The van der Waals surface area contributed by atoms with E-state index in [4.69, 9.17) is 14.5 Å². The molecule has 1 unspecified atom stereocenters. The SMILES string of the molecule is O=C(Cc1cccc(-c2ccc(S(=O)(=O)N3CCCCC3CO)cc2)n1)C1(c2ccc3c(c2)OCO3)CC1.[HH]. The number of hydrogen-bond acceptors (Lipinski definition) is 7. The highest BCUT2D eigenvalue weighted by molar-refractivity contribution is 7.89. The number of nitrogens with zero attached hydrogens (tertiary/aromatic N) is 2. The van der Waals surface area contributed by atoms with Crippen LogP contribution in [0.15, 0.2) is 65.6 Å². The lowest BCUT2D eigenvalue weighted by Crippen LogP contribution is -2.45. The predicted molar refractivity (Wildman–Crippen MR) is 143 cm³/mol. The molecule has 0 amide bonds. The minimum Gasteiger partial charge on any atom is -0.454 e. The van der Waals surface area contributed by atoms with Gasteiger partial charge in [0.2, 0.25) is 16.8 Å². The third kappa shape index (κ3) is 4.48. The Morgan fingerprint density at radius 2 is 1.84 bits per heavy atom. The first-order valence-corrected chi connectivity index (χ1v) is 14.5. The number of piperidine rings is 1. The maximum Gasteiger partial charge on any atom is 0.243 e. The van der Waals surface area contributed by atoms with E-state index in [1.807, 2.05) is 36.4 Å². The summed E-state index contributed by atoms with van der Waals surface area (Å²) in [5.41, 5.74) is 2.58. The molecule has 38 heavy (non-hydrogen) atoms. The van der Waals surface area contributed by atoms with Gasteiger partial charge in [0.1, 0.15) is 5.78 Å². The molecule has 1 atom stereocenters. The number of pyridine rings is 1. The van der Waals surface area contributed by atoms with Crippen LogP contribution in [-0.4, -0.2) is 54.6 Å². The van der Waals surface area contributed by atoms with Gasteiger partial charge in [-0.25, -0.2) is 8.42 Å². The molecule has 1 aliphatic carbocycles. The molecule has 9 heteroatoms. The number of carbonyl (C=O) groups is 1. The van der Waals surface area contributed by atoms with Gasteiger partial charge in [-0.1, -0.05) is 30.7 Å². The largest absolute Gasteiger partial charge is 0.454 e. The summed E-state index contributed by atoms with van der Waals surface area (Å²) in [6, 6.07) is 17.6. The maximum atomic E-state index is 13.4. The fourth-order valence-electron chi connectivity index (χ4n) is 5.53.